The minimum Gasteiger partial charge on any atom is -0.478 e. The van der Waals surface area contributed by atoms with Gasteiger partial charge in [-0.1, -0.05) is 30.3 Å². The largest absolute Gasteiger partial charge is 0.478 e. The van der Waals surface area contributed by atoms with Gasteiger partial charge in [0.2, 0.25) is 11.2 Å². The third-order valence-electron chi connectivity index (χ3n) is 5.05. The quantitative estimate of drug-likeness (QED) is 0.563. The third kappa shape index (κ3) is 3.80. The maximum absolute atomic E-state index is 13.9. The van der Waals surface area contributed by atoms with E-state index in [2.05, 4.69) is 0 Å². The molecule has 1 aliphatic rings. The number of fused-ring (bicyclic) bond motifs is 3. The summed E-state index contributed by atoms with van der Waals surface area (Å²) < 4.78 is 57.8. The summed E-state index contributed by atoms with van der Waals surface area (Å²) in [6.07, 6.45) is -4.08. The molecule has 0 N–H and O–H groups in total. The number of ether oxygens (including phenoxy) is 2. The van der Waals surface area contributed by atoms with Crippen molar-refractivity contribution in [1.29, 1.82) is 0 Å². The van der Waals surface area contributed by atoms with Crippen LogP contribution in [0, 0.1) is 0 Å². The predicted molar refractivity (Wildman–Crippen MR) is 105 cm³/mol. The second-order valence-electron chi connectivity index (χ2n) is 7.09. The molecule has 0 amide bonds. The Bertz CT molecular complexity index is 1110. The molecule has 0 atom stereocenters. The molecule has 0 saturated carbocycles. The highest BCUT2D eigenvalue weighted by atomic mass is 19.4. The maximum atomic E-state index is 13.9. The zero-order valence-corrected chi connectivity index (χ0v) is 16.3. The van der Waals surface area contributed by atoms with E-state index in [0.29, 0.717) is 37.7 Å². The fraction of sp³-hybridized carbons (Fsp3) is 0.318. The topological polar surface area (TPSA) is 51.9 Å². The Labute approximate surface area is 170 Å². The molecule has 0 spiro atoms. The van der Waals surface area contributed by atoms with Gasteiger partial charge in [0.05, 0.1) is 16.5 Å². The van der Waals surface area contributed by atoms with Crippen LogP contribution in [-0.4, -0.2) is 31.9 Å². The summed E-state index contributed by atoms with van der Waals surface area (Å²) >= 11 is 0. The van der Waals surface area contributed by atoms with E-state index < -0.39 is 22.9 Å². The van der Waals surface area contributed by atoms with E-state index in [9.17, 15) is 18.0 Å². The van der Waals surface area contributed by atoms with Gasteiger partial charge < -0.3 is 13.9 Å². The van der Waals surface area contributed by atoms with E-state index in [1.807, 2.05) is 4.90 Å². The molecule has 2 heterocycles. The fourth-order valence-electron chi connectivity index (χ4n) is 3.65. The van der Waals surface area contributed by atoms with Crippen LogP contribution in [0.15, 0.2) is 51.7 Å². The molecule has 0 aliphatic carbocycles. The molecule has 0 unspecified atom stereocenters. The number of alkyl halides is 3. The van der Waals surface area contributed by atoms with Gasteiger partial charge in [-0.05, 0) is 24.1 Å². The zero-order valence-electron chi connectivity index (χ0n) is 16.3. The van der Waals surface area contributed by atoms with E-state index in [1.54, 1.807) is 31.4 Å². The van der Waals surface area contributed by atoms with Crippen LogP contribution in [0.4, 0.5) is 13.2 Å². The van der Waals surface area contributed by atoms with E-state index in [-0.39, 0.29) is 16.5 Å². The molecule has 0 fully saturated rings. The van der Waals surface area contributed by atoms with Gasteiger partial charge in [0.25, 0.3) is 0 Å². The summed E-state index contributed by atoms with van der Waals surface area (Å²) in [4.78, 5) is 15.1. The standard InChI is InChI=1S/C22H20F3NO4/c1-28-11-5-10-26-12-16-17(29-13-26)9-8-15-19(27)18(14-6-3-2-4-7-14)21(22(23,24)25)30-20(15)16/h2-4,6-9H,5,10-13H2,1H3. The van der Waals surface area contributed by atoms with Gasteiger partial charge in [-0.15, -0.1) is 0 Å². The number of hydrogen-bond acceptors (Lipinski definition) is 5. The van der Waals surface area contributed by atoms with E-state index >= 15 is 0 Å². The highest BCUT2D eigenvalue weighted by molar-refractivity contribution is 5.87. The first kappa shape index (κ1) is 20.4. The lowest BCUT2D eigenvalue weighted by Gasteiger charge is -2.29. The molecule has 1 aliphatic heterocycles. The average Bonchev–Trinajstić information content (AvgIpc) is 2.73. The molecular formula is C22H20F3NO4. The number of methoxy groups -OCH3 is 1. The molecule has 158 valence electrons. The first-order chi connectivity index (χ1) is 14.4. The number of halogens is 3. The smallest absolute Gasteiger partial charge is 0.450 e. The summed E-state index contributed by atoms with van der Waals surface area (Å²) in [5.41, 5.74) is -0.673. The molecule has 0 bridgehead atoms. The van der Waals surface area contributed by atoms with Crippen LogP contribution in [0.1, 0.15) is 17.7 Å². The van der Waals surface area contributed by atoms with Gasteiger partial charge in [-0.3, -0.25) is 9.69 Å². The summed E-state index contributed by atoms with van der Waals surface area (Å²) in [5.74, 6) is -0.870. The van der Waals surface area contributed by atoms with Crippen molar-refractivity contribution in [3.8, 4) is 16.9 Å². The Morgan fingerprint density at radius 2 is 1.90 bits per heavy atom. The average molecular weight is 419 g/mol. The molecule has 0 saturated heterocycles. The molecule has 30 heavy (non-hydrogen) atoms. The van der Waals surface area contributed by atoms with Gasteiger partial charge >= 0.3 is 6.18 Å². The third-order valence-corrected chi connectivity index (χ3v) is 5.05. The molecule has 0 radical (unpaired) electrons. The normalized spacial score (nSPS) is 14.5. The Kier molecular flexibility index (Phi) is 5.53. The zero-order chi connectivity index (χ0) is 21.3. The van der Waals surface area contributed by atoms with Crippen molar-refractivity contribution in [3.05, 3.63) is 64.0 Å². The lowest BCUT2D eigenvalue weighted by Crippen LogP contribution is -2.33. The number of nitrogens with zero attached hydrogens (tertiary/aromatic N) is 1. The lowest BCUT2D eigenvalue weighted by molar-refractivity contribution is -0.152. The van der Waals surface area contributed by atoms with Crippen LogP contribution in [-0.2, 0) is 17.5 Å². The Balaban J connectivity index is 1.88. The SMILES string of the molecule is COCCCN1COc2ccc3c(=O)c(-c4ccccc4)c(C(F)(F)F)oc3c2C1. The summed E-state index contributed by atoms with van der Waals surface area (Å²) in [6.45, 7) is 1.83. The van der Waals surface area contributed by atoms with Crippen LogP contribution in [0.3, 0.4) is 0 Å². The minimum atomic E-state index is -4.82. The van der Waals surface area contributed by atoms with Crippen LogP contribution in [0.25, 0.3) is 22.1 Å². The number of hydrogen-bond donors (Lipinski definition) is 0. The fourth-order valence-corrected chi connectivity index (χ4v) is 3.65. The molecule has 5 nitrogen and oxygen atoms in total. The minimum absolute atomic E-state index is 0.0825. The number of benzene rings is 2. The summed E-state index contributed by atoms with van der Waals surface area (Å²) in [6, 6.07) is 10.8. The van der Waals surface area contributed by atoms with E-state index in [4.69, 9.17) is 13.9 Å². The monoisotopic (exact) mass is 419 g/mol. The summed E-state index contributed by atoms with van der Waals surface area (Å²) in [7, 11) is 1.60. The maximum Gasteiger partial charge on any atom is 0.450 e. The highest BCUT2D eigenvalue weighted by Gasteiger charge is 2.40. The van der Waals surface area contributed by atoms with E-state index in [1.165, 1.54) is 18.2 Å². The Morgan fingerprint density at radius 1 is 1.13 bits per heavy atom. The van der Waals surface area contributed by atoms with Crippen LogP contribution < -0.4 is 10.2 Å². The van der Waals surface area contributed by atoms with Crippen LogP contribution in [0.2, 0.25) is 0 Å². The lowest BCUT2D eigenvalue weighted by atomic mass is 10.00. The molecule has 8 heteroatoms. The molecule has 1 aromatic heterocycles. The summed E-state index contributed by atoms with van der Waals surface area (Å²) in [5, 5.41) is 0.0999. The van der Waals surface area contributed by atoms with Crippen molar-refractivity contribution in [2.24, 2.45) is 0 Å². The van der Waals surface area contributed by atoms with Gasteiger partial charge in [0.15, 0.2) is 0 Å². The van der Waals surface area contributed by atoms with Crippen molar-refractivity contribution >= 4 is 11.0 Å². The second-order valence-corrected chi connectivity index (χ2v) is 7.09. The van der Waals surface area contributed by atoms with Crippen molar-refractivity contribution in [3.63, 3.8) is 0 Å². The van der Waals surface area contributed by atoms with Crippen molar-refractivity contribution in [2.45, 2.75) is 19.1 Å². The predicted octanol–water partition coefficient (Wildman–Crippen LogP) is 4.67. The number of rotatable bonds is 5. The van der Waals surface area contributed by atoms with Crippen LogP contribution in [0.5, 0.6) is 5.75 Å². The Hall–Kier alpha value is -2.84. The first-order valence-electron chi connectivity index (χ1n) is 9.49. The highest BCUT2D eigenvalue weighted by Crippen LogP contribution is 2.40. The van der Waals surface area contributed by atoms with Gasteiger partial charge in [0.1, 0.15) is 18.1 Å². The van der Waals surface area contributed by atoms with Gasteiger partial charge in [-0.25, -0.2) is 0 Å². The van der Waals surface area contributed by atoms with Gasteiger partial charge in [-0.2, -0.15) is 13.2 Å². The second kappa shape index (κ2) is 8.12. The Morgan fingerprint density at radius 3 is 2.60 bits per heavy atom. The van der Waals surface area contributed by atoms with Crippen molar-refractivity contribution < 1.29 is 27.1 Å². The molecular weight excluding hydrogens is 399 g/mol. The van der Waals surface area contributed by atoms with Crippen molar-refractivity contribution in [2.75, 3.05) is 27.0 Å². The molecule has 4 rings (SSSR count). The molecule has 2 aromatic carbocycles. The van der Waals surface area contributed by atoms with Gasteiger partial charge in [0, 0.05) is 26.8 Å². The van der Waals surface area contributed by atoms with Crippen LogP contribution >= 0.6 is 0 Å². The van der Waals surface area contributed by atoms with Crippen molar-refractivity contribution in [1.82, 2.24) is 4.90 Å². The molecule has 3 aromatic rings. The van der Waals surface area contributed by atoms with E-state index in [0.717, 1.165) is 6.42 Å². The first-order valence-corrected chi connectivity index (χ1v) is 9.49.